The van der Waals surface area contributed by atoms with Crippen LogP contribution in [0.3, 0.4) is 0 Å². The monoisotopic (exact) mass is 418 g/mol. The van der Waals surface area contributed by atoms with Crippen molar-refractivity contribution in [2.75, 3.05) is 6.61 Å². The summed E-state index contributed by atoms with van der Waals surface area (Å²) in [6, 6.07) is 12.6. The lowest BCUT2D eigenvalue weighted by atomic mass is 10.2. The molecule has 0 unspecified atom stereocenters. The molecule has 128 valence electrons. The van der Waals surface area contributed by atoms with Crippen molar-refractivity contribution in [3.63, 3.8) is 0 Å². The van der Waals surface area contributed by atoms with Gasteiger partial charge in [-0.25, -0.2) is 5.10 Å². The Morgan fingerprint density at radius 2 is 2.08 bits per heavy atom. The number of rotatable bonds is 5. The summed E-state index contributed by atoms with van der Waals surface area (Å²) in [5.74, 6) is 1.48. The summed E-state index contributed by atoms with van der Waals surface area (Å²) in [5.41, 5.74) is 1.40. The van der Waals surface area contributed by atoms with E-state index in [-0.39, 0.29) is 5.75 Å². The van der Waals surface area contributed by atoms with Crippen molar-refractivity contribution < 1.29 is 9.84 Å². The second kappa shape index (κ2) is 7.62. The summed E-state index contributed by atoms with van der Waals surface area (Å²) in [4.78, 5) is 0. The molecule has 25 heavy (non-hydrogen) atoms. The van der Waals surface area contributed by atoms with Crippen LogP contribution in [0.4, 0.5) is 0 Å². The van der Waals surface area contributed by atoms with Crippen molar-refractivity contribution in [1.29, 1.82) is 0 Å². The molecule has 3 rings (SSSR count). The van der Waals surface area contributed by atoms with Gasteiger partial charge in [-0.2, -0.15) is 14.9 Å². The van der Waals surface area contributed by atoms with Gasteiger partial charge in [0, 0.05) is 15.6 Å². The number of H-pyrrole nitrogens is 1. The maximum atomic E-state index is 9.92. The Kier molecular flexibility index (Phi) is 5.30. The molecule has 1 heterocycles. The number of phenolic OH excluding ortho intramolecular Hbond substituents is 1. The molecule has 6 nitrogen and oxygen atoms in total. The van der Waals surface area contributed by atoms with Crippen molar-refractivity contribution in [3.8, 4) is 22.9 Å². The van der Waals surface area contributed by atoms with Crippen LogP contribution in [-0.4, -0.2) is 32.8 Å². The zero-order valence-corrected chi connectivity index (χ0v) is 15.7. The standard InChI is InChI=1S/C17H15BrN4O2S/c1-2-24-14-6-3-11(4-7-14)16-20-21-17(25)22(16)19-10-12-9-13(18)5-8-15(12)23/h3-10,23H,2H2,1H3,(H,21,25). The number of aromatic nitrogens is 3. The molecule has 0 fully saturated rings. The second-order valence-electron chi connectivity index (χ2n) is 5.07. The summed E-state index contributed by atoms with van der Waals surface area (Å²) in [6.45, 7) is 2.55. The van der Waals surface area contributed by atoms with E-state index in [0.29, 0.717) is 22.8 Å². The van der Waals surface area contributed by atoms with Gasteiger partial charge in [0.25, 0.3) is 0 Å². The molecule has 0 amide bonds. The van der Waals surface area contributed by atoms with Gasteiger partial charge in [-0.05, 0) is 61.6 Å². The fraction of sp³-hybridized carbons (Fsp3) is 0.118. The third-order valence-electron chi connectivity index (χ3n) is 3.38. The minimum atomic E-state index is 0.129. The zero-order valence-electron chi connectivity index (χ0n) is 13.3. The molecule has 0 bridgehead atoms. The first-order valence-electron chi connectivity index (χ1n) is 7.52. The molecule has 2 N–H and O–H groups in total. The first kappa shape index (κ1) is 17.4. The first-order chi connectivity index (χ1) is 12.1. The maximum absolute atomic E-state index is 9.92. The van der Waals surface area contributed by atoms with Crippen LogP contribution < -0.4 is 4.74 Å². The molecular formula is C17H15BrN4O2S. The van der Waals surface area contributed by atoms with Gasteiger partial charge >= 0.3 is 0 Å². The largest absolute Gasteiger partial charge is 0.507 e. The summed E-state index contributed by atoms with van der Waals surface area (Å²) in [5, 5.41) is 21.2. The molecule has 0 aliphatic heterocycles. The van der Waals surface area contributed by atoms with Crippen LogP contribution in [0.15, 0.2) is 52.0 Å². The van der Waals surface area contributed by atoms with Gasteiger partial charge in [0.15, 0.2) is 5.82 Å². The topological polar surface area (TPSA) is 75.4 Å². The molecule has 0 saturated heterocycles. The molecule has 0 saturated carbocycles. The maximum Gasteiger partial charge on any atom is 0.216 e. The van der Waals surface area contributed by atoms with Crippen molar-refractivity contribution in [1.82, 2.24) is 14.9 Å². The highest BCUT2D eigenvalue weighted by atomic mass is 79.9. The van der Waals surface area contributed by atoms with Gasteiger partial charge in [-0.3, -0.25) is 0 Å². The fourth-order valence-corrected chi connectivity index (χ4v) is 2.76. The van der Waals surface area contributed by atoms with Crippen LogP contribution in [0.25, 0.3) is 11.4 Å². The summed E-state index contributed by atoms with van der Waals surface area (Å²) >= 11 is 8.62. The average Bonchev–Trinajstić information content (AvgIpc) is 2.97. The lowest BCUT2D eigenvalue weighted by Gasteiger charge is -2.05. The number of ether oxygens (including phenoxy) is 1. The van der Waals surface area contributed by atoms with Gasteiger partial charge in [-0.1, -0.05) is 15.9 Å². The van der Waals surface area contributed by atoms with Crippen molar-refractivity contribution in [2.24, 2.45) is 5.10 Å². The van der Waals surface area contributed by atoms with Crippen molar-refractivity contribution >= 4 is 34.4 Å². The molecule has 8 heteroatoms. The molecular weight excluding hydrogens is 404 g/mol. The summed E-state index contributed by atoms with van der Waals surface area (Å²) in [7, 11) is 0. The minimum absolute atomic E-state index is 0.129. The number of nitrogens with one attached hydrogen (secondary N) is 1. The predicted octanol–water partition coefficient (Wildman–Crippen LogP) is 4.36. The molecule has 0 atom stereocenters. The highest BCUT2D eigenvalue weighted by Gasteiger charge is 2.09. The number of aromatic hydroxyl groups is 1. The Balaban J connectivity index is 1.95. The van der Waals surface area contributed by atoms with E-state index in [1.165, 1.54) is 10.9 Å². The first-order valence-corrected chi connectivity index (χ1v) is 8.72. The number of hydrogen-bond donors (Lipinski definition) is 2. The highest BCUT2D eigenvalue weighted by molar-refractivity contribution is 9.10. The van der Waals surface area contributed by atoms with Crippen LogP contribution in [-0.2, 0) is 0 Å². The normalized spacial score (nSPS) is 11.1. The molecule has 0 aliphatic carbocycles. The van der Waals surface area contributed by atoms with Crippen LogP contribution in [0.2, 0.25) is 0 Å². The lowest BCUT2D eigenvalue weighted by molar-refractivity contribution is 0.340. The number of halogens is 1. The van der Waals surface area contributed by atoms with Crippen molar-refractivity contribution in [2.45, 2.75) is 6.92 Å². The number of benzene rings is 2. The second-order valence-corrected chi connectivity index (χ2v) is 6.37. The van der Waals surface area contributed by atoms with Gasteiger partial charge in [0.05, 0.1) is 12.8 Å². The van der Waals surface area contributed by atoms with E-state index in [9.17, 15) is 5.11 Å². The van der Waals surface area contributed by atoms with Gasteiger partial charge in [0.2, 0.25) is 4.77 Å². The number of phenols is 1. The van der Waals surface area contributed by atoms with E-state index in [1.54, 1.807) is 18.2 Å². The molecule has 0 aliphatic rings. The van der Waals surface area contributed by atoms with E-state index in [2.05, 4.69) is 31.2 Å². The molecule has 0 spiro atoms. The quantitative estimate of drug-likeness (QED) is 0.476. The molecule has 3 aromatic rings. The number of aromatic amines is 1. The SMILES string of the molecule is CCOc1ccc(-c2n[nH]c(=S)n2N=Cc2cc(Br)ccc2O)cc1. The Hall–Kier alpha value is -2.45. The highest BCUT2D eigenvalue weighted by Crippen LogP contribution is 2.22. The van der Waals surface area contributed by atoms with Crippen molar-refractivity contribution in [3.05, 3.63) is 57.3 Å². The Morgan fingerprint density at radius 1 is 1.32 bits per heavy atom. The minimum Gasteiger partial charge on any atom is -0.507 e. The summed E-state index contributed by atoms with van der Waals surface area (Å²) in [6.07, 6.45) is 1.53. The third-order valence-corrected chi connectivity index (χ3v) is 4.13. The van der Waals surface area contributed by atoms with Gasteiger partial charge in [0.1, 0.15) is 11.5 Å². The smallest absolute Gasteiger partial charge is 0.216 e. The Morgan fingerprint density at radius 3 is 2.80 bits per heavy atom. The van der Waals surface area contributed by atoms with E-state index >= 15 is 0 Å². The Labute approximate surface area is 157 Å². The van der Waals surface area contributed by atoms with Gasteiger partial charge < -0.3 is 9.84 Å². The average molecular weight is 419 g/mol. The van der Waals surface area contributed by atoms with E-state index in [0.717, 1.165) is 15.8 Å². The number of nitrogens with zero attached hydrogens (tertiary/aromatic N) is 3. The summed E-state index contributed by atoms with van der Waals surface area (Å²) < 4.78 is 8.15. The molecule has 0 radical (unpaired) electrons. The van der Waals surface area contributed by atoms with E-state index in [4.69, 9.17) is 17.0 Å². The fourth-order valence-electron chi connectivity index (χ4n) is 2.20. The third kappa shape index (κ3) is 3.97. The van der Waals surface area contributed by atoms with Gasteiger partial charge in [-0.15, -0.1) is 0 Å². The molecule has 1 aromatic heterocycles. The molecule has 2 aromatic carbocycles. The predicted molar refractivity (Wildman–Crippen MR) is 103 cm³/mol. The number of hydrogen-bond acceptors (Lipinski definition) is 5. The van der Waals surface area contributed by atoms with Crippen LogP contribution in [0.5, 0.6) is 11.5 Å². The zero-order chi connectivity index (χ0) is 17.8. The van der Waals surface area contributed by atoms with E-state index in [1.807, 2.05) is 31.2 Å². The Bertz CT molecular complexity index is 964. The van der Waals surface area contributed by atoms with E-state index < -0.39 is 0 Å². The van der Waals surface area contributed by atoms with Crippen LogP contribution in [0.1, 0.15) is 12.5 Å². The lowest BCUT2D eigenvalue weighted by Crippen LogP contribution is -1.96. The van der Waals surface area contributed by atoms with Crippen LogP contribution >= 0.6 is 28.1 Å². The van der Waals surface area contributed by atoms with Crippen LogP contribution in [0, 0.1) is 4.77 Å².